The minimum absolute atomic E-state index is 0.000888. The number of hydrogen-bond acceptors (Lipinski definition) is 3. The Labute approximate surface area is 135 Å². The second-order valence-electron chi connectivity index (χ2n) is 5.11. The normalized spacial score (nSPS) is 11.7. The molecule has 124 valence electrons. The Hall–Kier alpha value is -2.76. The number of benzene rings is 2. The Bertz CT molecular complexity index is 925. The molecule has 0 aliphatic carbocycles. The summed E-state index contributed by atoms with van der Waals surface area (Å²) < 4.78 is 48.8. The van der Waals surface area contributed by atoms with Gasteiger partial charge in [0.2, 0.25) is 0 Å². The van der Waals surface area contributed by atoms with Gasteiger partial charge in [-0.3, -0.25) is 0 Å². The third-order valence-electron chi connectivity index (χ3n) is 3.58. The molecular formula is C18H13F3O3. The van der Waals surface area contributed by atoms with Gasteiger partial charge < -0.3 is 9.15 Å². The van der Waals surface area contributed by atoms with Gasteiger partial charge in [-0.25, -0.2) is 4.79 Å². The highest BCUT2D eigenvalue weighted by Crippen LogP contribution is 2.37. The predicted molar refractivity (Wildman–Crippen MR) is 84.1 cm³/mol. The molecule has 0 amide bonds. The van der Waals surface area contributed by atoms with Crippen LogP contribution in [0, 0.1) is 0 Å². The lowest BCUT2D eigenvalue weighted by molar-refractivity contribution is -0.137. The third kappa shape index (κ3) is 2.87. The predicted octanol–water partition coefficient (Wildman–Crippen LogP) is 4.88. The summed E-state index contributed by atoms with van der Waals surface area (Å²) in [5.41, 5.74) is -0.359. The van der Waals surface area contributed by atoms with Gasteiger partial charge in [0.15, 0.2) is 0 Å². The van der Waals surface area contributed by atoms with Crippen LogP contribution >= 0.6 is 0 Å². The van der Waals surface area contributed by atoms with Gasteiger partial charge in [-0.15, -0.1) is 0 Å². The van der Waals surface area contributed by atoms with Gasteiger partial charge in [-0.2, -0.15) is 13.2 Å². The van der Waals surface area contributed by atoms with Crippen LogP contribution in [0.5, 0.6) is 5.95 Å². The molecule has 3 rings (SSSR count). The van der Waals surface area contributed by atoms with E-state index in [0.717, 1.165) is 12.1 Å². The highest BCUT2D eigenvalue weighted by molar-refractivity contribution is 5.97. The van der Waals surface area contributed by atoms with E-state index in [0.29, 0.717) is 21.9 Å². The summed E-state index contributed by atoms with van der Waals surface area (Å²) in [5.74, 6) is 0.000888. The first-order chi connectivity index (χ1) is 11.4. The molecule has 3 aromatic rings. The zero-order valence-corrected chi connectivity index (χ0v) is 12.7. The van der Waals surface area contributed by atoms with E-state index in [-0.39, 0.29) is 12.6 Å². The second-order valence-corrected chi connectivity index (χ2v) is 5.11. The van der Waals surface area contributed by atoms with Gasteiger partial charge in [-0.05, 0) is 30.7 Å². The number of fused-ring (bicyclic) bond motifs is 1. The monoisotopic (exact) mass is 334 g/mol. The van der Waals surface area contributed by atoms with Gasteiger partial charge in [0.05, 0.1) is 23.1 Å². The van der Waals surface area contributed by atoms with Crippen LogP contribution in [-0.2, 0) is 6.18 Å². The van der Waals surface area contributed by atoms with Crippen LogP contribution < -0.4 is 10.4 Å². The van der Waals surface area contributed by atoms with E-state index in [2.05, 4.69) is 0 Å². The minimum atomic E-state index is -4.41. The summed E-state index contributed by atoms with van der Waals surface area (Å²) in [6.45, 7) is 1.99. The molecule has 0 radical (unpaired) electrons. The summed E-state index contributed by atoms with van der Waals surface area (Å²) in [7, 11) is 0. The van der Waals surface area contributed by atoms with Gasteiger partial charge >= 0.3 is 11.8 Å². The average Bonchev–Trinajstić information content (AvgIpc) is 2.55. The molecule has 0 saturated carbocycles. The number of ether oxygens (including phenoxy) is 1. The van der Waals surface area contributed by atoms with Crippen molar-refractivity contribution in [2.75, 3.05) is 6.61 Å². The Morgan fingerprint density at radius 3 is 2.21 bits per heavy atom. The smallest absolute Gasteiger partial charge is 0.416 e. The molecule has 24 heavy (non-hydrogen) atoms. The average molecular weight is 334 g/mol. The molecule has 2 aromatic carbocycles. The lowest BCUT2D eigenvalue weighted by atomic mass is 10.00. The van der Waals surface area contributed by atoms with Crippen LogP contribution in [-0.4, -0.2) is 6.61 Å². The Kier molecular flexibility index (Phi) is 4.05. The second kappa shape index (κ2) is 6.03. The standard InChI is InChI=1S/C18H13F3O3/c1-2-23-17-15(11-7-9-12(10-8-11)18(19,20)21)13-5-3-4-6-14(13)16(22)24-17/h3-10H,2H2,1H3. The van der Waals surface area contributed by atoms with Crippen LogP contribution in [0.25, 0.3) is 21.9 Å². The van der Waals surface area contributed by atoms with Crippen molar-refractivity contribution in [1.29, 1.82) is 0 Å². The largest absolute Gasteiger partial charge is 0.465 e. The first-order valence-electron chi connectivity index (χ1n) is 7.28. The Balaban J connectivity index is 2.26. The summed E-state index contributed by atoms with van der Waals surface area (Å²) >= 11 is 0. The molecule has 0 N–H and O–H groups in total. The van der Waals surface area contributed by atoms with Crippen LogP contribution in [0.3, 0.4) is 0 Å². The van der Waals surface area contributed by atoms with Crippen molar-refractivity contribution in [1.82, 2.24) is 0 Å². The van der Waals surface area contributed by atoms with Crippen molar-refractivity contribution in [3.63, 3.8) is 0 Å². The van der Waals surface area contributed by atoms with E-state index in [9.17, 15) is 18.0 Å². The van der Waals surface area contributed by atoms with Crippen molar-refractivity contribution in [3.05, 3.63) is 64.5 Å². The number of halogens is 3. The fraction of sp³-hybridized carbons (Fsp3) is 0.167. The maximum absolute atomic E-state index is 12.7. The van der Waals surface area contributed by atoms with E-state index in [1.54, 1.807) is 31.2 Å². The molecule has 0 fully saturated rings. The van der Waals surface area contributed by atoms with Gasteiger partial charge in [-0.1, -0.05) is 30.3 Å². The number of hydrogen-bond donors (Lipinski definition) is 0. The molecule has 0 aliphatic rings. The van der Waals surface area contributed by atoms with Crippen LogP contribution in [0.4, 0.5) is 13.2 Å². The van der Waals surface area contributed by atoms with E-state index in [1.165, 1.54) is 12.1 Å². The van der Waals surface area contributed by atoms with Gasteiger partial charge in [0, 0.05) is 5.39 Å². The molecular weight excluding hydrogens is 321 g/mol. The number of rotatable bonds is 3. The molecule has 6 heteroatoms. The molecule has 0 unspecified atom stereocenters. The zero-order valence-electron chi connectivity index (χ0n) is 12.7. The third-order valence-corrected chi connectivity index (χ3v) is 3.58. The fourth-order valence-corrected chi connectivity index (χ4v) is 2.51. The molecule has 0 bridgehead atoms. The number of alkyl halides is 3. The molecule has 0 saturated heterocycles. The summed E-state index contributed by atoms with van der Waals surface area (Å²) in [4.78, 5) is 12.0. The molecule has 1 heterocycles. The maximum atomic E-state index is 12.7. The highest BCUT2D eigenvalue weighted by atomic mass is 19.4. The van der Waals surface area contributed by atoms with Crippen molar-refractivity contribution < 1.29 is 22.3 Å². The summed E-state index contributed by atoms with van der Waals surface area (Å²) in [6.07, 6.45) is -4.41. The SMILES string of the molecule is CCOc1oc(=O)c2ccccc2c1-c1ccc(C(F)(F)F)cc1. The van der Waals surface area contributed by atoms with Crippen molar-refractivity contribution in [2.24, 2.45) is 0 Å². The van der Waals surface area contributed by atoms with Crippen molar-refractivity contribution in [2.45, 2.75) is 13.1 Å². The molecule has 0 atom stereocenters. The Morgan fingerprint density at radius 1 is 1.00 bits per heavy atom. The molecule has 0 spiro atoms. The quantitative estimate of drug-likeness (QED) is 0.685. The first kappa shape index (κ1) is 16.1. The highest BCUT2D eigenvalue weighted by Gasteiger charge is 2.30. The minimum Gasteiger partial charge on any atom is -0.465 e. The lowest BCUT2D eigenvalue weighted by Crippen LogP contribution is -2.06. The van der Waals surface area contributed by atoms with Crippen molar-refractivity contribution >= 4 is 10.8 Å². The van der Waals surface area contributed by atoms with Crippen LogP contribution in [0.2, 0.25) is 0 Å². The maximum Gasteiger partial charge on any atom is 0.416 e. The topological polar surface area (TPSA) is 39.4 Å². The first-order valence-corrected chi connectivity index (χ1v) is 7.28. The van der Waals surface area contributed by atoms with Crippen LogP contribution in [0.15, 0.2) is 57.7 Å². The van der Waals surface area contributed by atoms with E-state index >= 15 is 0 Å². The molecule has 1 aromatic heterocycles. The summed E-state index contributed by atoms with van der Waals surface area (Å²) in [6, 6.07) is 11.4. The fourth-order valence-electron chi connectivity index (χ4n) is 2.51. The lowest BCUT2D eigenvalue weighted by Gasteiger charge is -2.12. The molecule has 0 aliphatic heterocycles. The summed E-state index contributed by atoms with van der Waals surface area (Å²) in [5, 5.41) is 0.910. The molecule has 3 nitrogen and oxygen atoms in total. The zero-order chi connectivity index (χ0) is 17.3. The van der Waals surface area contributed by atoms with Crippen LogP contribution in [0.1, 0.15) is 12.5 Å². The van der Waals surface area contributed by atoms with Gasteiger partial charge in [0.25, 0.3) is 5.95 Å². The van der Waals surface area contributed by atoms with E-state index in [1.807, 2.05) is 0 Å². The van der Waals surface area contributed by atoms with Crippen molar-refractivity contribution in [3.8, 4) is 17.1 Å². The van der Waals surface area contributed by atoms with Gasteiger partial charge in [0.1, 0.15) is 0 Å². The van der Waals surface area contributed by atoms with E-state index < -0.39 is 17.4 Å². The Morgan fingerprint density at radius 2 is 1.62 bits per heavy atom. The van der Waals surface area contributed by atoms with E-state index in [4.69, 9.17) is 9.15 Å².